The highest BCUT2D eigenvalue weighted by molar-refractivity contribution is 5.51. The van der Waals surface area contributed by atoms with E-state index in [0.717, 1.165) is 69.1 Å². The molecule has 1 atom stereocenters. The van der Waals surface area contributed by atoms with Crippen LogP contribution in [0.3, 0.4) is 0 Å². The van der Waals surface area contributed by atoms with Crippen LogP contribution in [0.5, 0.6) is 0 Å². The second-order valence-corrected chi connectivity index (χ2v) is 7.84. The first-order chi connectivity index (χ1) is 13.1. The highest BCUT2D eigenvalue weighted by atomic mass is 19.1. The largest absolute Gasteiger partial charge is 0.393 e. The Balaban J connectivity index is 1.40. The first-order valence-corrected chi connectivity index (χ1v) is 9.83. The number of aromatic nitrogens is 2. The molecule has 1 aromatic heterocycles. The Hall–Kier alpha value is -2.21. The molecular weight excluding hydrogens is 343 g/mol. The summed E-state index contributed by atoms with van der Waals surface area (Å²) in [5.41, 5.74) is 1.92. The van der Waals surface area contributed by atoms with Gasteiger partial charge < -0.3 is 14.9 Å². The van der Waals surface area contributed by atoms with Gasteiger partial charge >= 0.3 is 0 Å². The first kappa shape index (κ1) is 18.2. The molecule has 6 heteroatoms. The number of benzene rings is 1. The minimum Gasteiger partial charge on any atom is -0.393 e. The Labute approximate surface area is 159 Å². The molecule has 2 aliphatic rings. The van der Waals surface area contributed by atoms with E-state index in [0.29, 0.717) is 5.92 Å². The second-order valence-electron chi connectivity index (χ2n) is 7.84. The van der Waals surface area contributed by atoms with E-state index in [1.54, 1.807) is 12.4 Å². The highest BCUT2D eigenvalue weighted by Gasteiger charge is 2.25. The van der Waals surface area contributed by atoms with Crippen LogP contribution in [0.1, 0.15) is 30.4 Å². The van der Waals surface area contributed by atoms with Crippen molar-refractivity contribution in [1.82, 2.24) is 9.97 Å². The van der Waals surface area contributed by atoms with Crippen molar-refractivity contribution in [1.29, 1.82) is 0 Å². The van der Waals surface area contributed by atoms with Crippen LogP contribution in [0.25, 0.3) is 0 Å². The van der Waals surface area contributed by atoms with E-state index in [1.807, 2.05) is 19.1 Å². The van der Waals surface area contributed by atoms with E-state index in [9.17, 15) is 9.50 Å². The molecule has 4 rings (SSSR count). The molecule has 0 amide bonds. The zero-order valence-corrected chi connectivity index (χ0v) is 15.8. The smallest absolute Gasteiger partial charge is 0.134 e. The maximum absolute atomic E-state index is 13.5. The normalized spacial score (nSPS) is 21.1. The first-order valence-electron chi connectivity index (χ1n) is 9.83. The molecule has 0 spiro atoms. The van der Waals surface area contributed by atoms with Gasteiger partial charge in [0.25, 0.3) is 0 Å². The van der Waals surface area contributed by atoms with Crippen LogP contribution in [-0.2, 0) is 6.42 Å². The summed E-state index contributed by atoms with van der Waals surface area (Å²) in [5, 5.41) is 9.70. The number of piperidine rings is 1. The standard InChI is InChI=1S/C21H27FN4O/c1-15-10-16(2-3-19(15)22)11-17-4-7-26(13-17)21-12-20(23-14-24-21)25-8-5-18(27)6-9-25/h2-3,10,12,14,17-18,27H,4-9,11,13H2,1H3. The summed E-state index contributed by atoms with van der Waals surface area (Å²) in [5.74, 6) is 2.34. The Morgan fingerprint density at radius 3 is 2.48 bits per heavy atom. The van der Waals surface area contributed by atoms with Crippen LogP contribution in [0.15, 0.2) is 30.6 Å². The summed E-state index contributed by atoms with van der Waals surface area (Å²) in [6.07, 6.45) is 5.14. The van der Waals surface area contributed by atoms with E-state index in [4.69, 9.17) is 0 Å². The van der Waals surface area contributed by atoms with Gasteiger partial charge in [-0.3, -0.25) is 0 Å². The number of nitrogens with zero attached hydrogens (tertiary/aromatic N) is 4. The third-order valence-electron chi connectivity index (χ3n) is 5.78. The van der Waals surface area contributed by atoms with E-state index in [2.05, 4.69) is 25.8 Å². The third-order valence-corrected chi connectivity index (χ3v) is 5.78. The third kappa shape index (κ3) is 4.21. The SMILES string of the molecule is Cc1cc(CC2CCN(c3cc(N4CCC(O)CC4)ncn3)C2)ccc1F. The monoisotopic (exact) mass is 370 g/mol. The predicted molar refractivity (Wildman–Crippen MR) is 105 cm³/mol. The molecule has 3 heterocycles. The zero-order chi connectivity index (χ0) is 18.8. The van der Waals surface area contributed by atoms with E-state index in [-0.39, 0.29) is 11.9 Å². The van der Waals surface area contributed by atoms with E-state index in [1.165, 1.54) is 5.56 Å². The maximum Gasteiger partial charge on any atom is 0.134 e. The van der Waals surface area contributed by atoms with Gasteiger partial charge in [0, 0.05) is 32.2 Å². The van der Waals surface area contributed by atoms with E-state index < -0.39 is 0 Å². The topological polar surface area (TPSA) is 52.5 Å². The molecule has 2 fully saturated rings. The number of aryl methyl sites for hydroxylation is 1. The van der Waals surface area contributed by atoms with Crippen molar-refractivity contribution in [2.24, 2.45) is 5.92 Å². The molecule has 0 radical (unpaired) electrons. The van der Waals surface area contributed by atoms with Crippen LogP contribution in [0, 0.1) is 18.7 Å². The minimum atomic E-state index is -0.183. The fraction of sp³-hybridized carbons (Fsp3) is 0.524. The van der Waals surface area contributed by atoms with Gasteiger partial charge in [0.2, 0.25) is 0 Å². The Morgan fingerprint density at radius 2 is 1.74 bits per heavy atom. The summed E-state index contributed by atoms with van der Waals surface area (Å²) in [6, 6.07) is 7.51. The molecule has 27 heavy (non-hydrogen) atoms. The molecule has 1 unspecified atom stereocenters. The van der Waals surface area contributed by atoms with Crippen molar-refractivity contribution in [3.8, 4) is 0 Å². The summed E-state index contributed by atoms with van der Waals surface area (Å²) in [4.78, 5) is 13.5. The zero-order valence-electron chi connectivity index (χ0n) is 15.8. The average Bonchev–Trinajstić information content (AvgIpc) is 3.14. The lowest BCUT2D eigenvalue weighted by Crippen LogP contribution is -2.36. The molecule has 0 saturated carbocycles. The quantitative estimate of drug-likeness (QED) is 0.897. The molecular formula is C21H27FN4O. The highest BCUT2D eigenvalue weighted by Crippen LogP contribution is 2.27. The van der Waals surface area contributed by atoms with Crippen LogP contribution in [0.4, 0.5) is 16.0 Å². The van der Waals surface area contributed by atoms with Crippen molar-refractivity contribution < 1.29 is 9.50 Å². The van der Waals surface area contributed by atoms with Crippen LogP contribution >= 0.6 is 0 Å². The molecule has 0 bridgehead atoms. The van der Waals surface area contributed by atoms with Gasteiger partial charge in [0.1, 0.15) is 23.8 Å². The van der Waals surface area contributed by atoms with Gasteiger partial charge in [0.05, 0.1) is 6.10 Å². The summed E-state index contributed by atoms with van der Waals surface area (Å²) in [7, 11) is 0. The van der Waals surface area contributed by atoms with Crippen molar-refractivity contribution in [2.75, 3.05) is 36.0 Å². The lowest BCUT2D eigenvalue weighted by molar-refractivity contribution is 0.145. The van der Waals surface area contributed by atoms with Gasteiger partial charge in [-0.25, -0.2) is 14.4 Å². The number of rotatable bonds is 4. The van der Waals surface area contributed by atoms with Crippen molar-refractivity contribution in [2.45, 2.75) is 38.7 Å². The van der Waals surface area contributed by atoms with Crippen LogP contribution in [0.2, 0.25) is 0 Å². The maximum atomic E-state index is 13.5. The molecule has 2 aliphatic heterocycles. The van der Waals surface area contributed by atoms with Gasteiger partial charge in [-0.05, 0) is 55.7 Å². The van der Waals surface area contributed by atoms with Gasteiger partial charge in [-0.15, -0.1) is 0 Å². The lowest BCUT2D eigenvalue weighted by Gasteiger charge is -2.31. The molecule has 0 aliphatic carbocycles. The Morgan fingerprint density at radius 1 is 1.04 bits per heavy atom. The number of aliphatic hydroxyl groups excluding tert-OH is 1. The molecule has 144 valence electrons. The molecule has 2 saturated heterocycles. The molecule has 5 nitrogen and oxygen atoms in total. The molecule has 1 aromatic carbocycles. The minimum absolute atomic E-state index is 0.134. The number of aliphatic hydroxyl groups is 1. The van der Waals surface area contributed by atoms with Gasteiger partial charge in [0.15, 0.2) is 0 Å². The Kier molecular flexibility index (Phi) is 5.25. The molecule has 1 N–H and O–H groups in total. The van der Waals surface area contributed by atoms with Gasteiger partial charge in [-0.2, -0.15) is 0 Å². The summed E-state index contributed by atoms with van der Waals surface area (Å²) in [6.45, 7) is 5.45. The number of halogens is 1. The van der Waals surface area contributed by atoms with Crippen LogP contribution < -0.4 is 9.80 Å². The van der Waals surface area contributed by atoms with Crippen LogP contribution in [-0.4, -0.2) is 47.4 Å². The summed E-state index contributed by atoms with van der Waals surface area (Å²) < 4.78 is 13.5. The fourth-order valence-corrected chi connectivity index (χ4v) is 4.15. The summed E-state index contributed by atoms with van der Waals surface area (Å²) >= 11 is 0. The number of anilines is 2. The lowest BCUT2D eigenvalue weighted by atomic mass is 9.97. The number of hydrogen-bond donors (Lipinski definition) is 1. The number of hydrogen-bond acceptors (Lipinski definition) is 5. The average molecular weight is 370 g/mol. The fourth-order valence-electron chi connectivity index (χ4n) is 4.15. The van der Waals surface area contributed by atoms with Crippen molar-refractivity contribution >= 4 is 11.6 Å². The Bertz CT molecular complexity index is 792. The second kappa shape index (κ2) is 7.80. The van der Waals surface area contributed by atoms with Crippen molar-refractivity contribution in [3.63, 3.8) is 0 Å². The molecule has 2 aromatic rings. The van der Waals surface area contributed by atoms with Crippen molar-refractivity contribution in [3.05, 3.63) is 47.5 Å². The predicted octanol–water partition coefficient (Wildman–Crippen LogP) is 2.95. The van der Waals surface area contributed by atoms with E-state index >= 15 is 0 Å². The van der Waals surface area contributed by atoms with Gasteiger partial charge in [-0.1, -0.05) is 12.1 Å².